The number of benzene rings is 1. The third-order valence-electron chi connectivity index (χ3n) is 2.69. The minimum absolute atomic E-state index is 0.131. The molecule has 0 aliphatic carbocycles. The number of rotatable bonds is 6. The summed E-state index contributed by atoms with van der Waals surface area (Å²) in [6.07, 6.45) is 3.73. The molecule has 21 heavy (non-hydrogen) atoms. The monoisotopic (exact) mass is 308 g/mol. The van der Waals surface area contributed by atoms with E-state index in [2.05, 4.69) is 0 Å². The van der Waals surface area contributed by atoms with Crippen LogP contribution in [-0.2, 0) is 14.3 Å². The lowest BCUT2D eigenvalue weighted by Gasteiger charge is -2.04. The molecule has 1 aromatic carbocycles. The summed E-state index contributed by atoms with van der Waals surface area (Å²) in [4.78, 5) is 22.8. The average Bonchev–Trinajstić information content (AvgIpc) is 2.45. The first-order chi connectivity index (χ1) is 9.97. The van der Waals surface area contributed by atoms with Crippen LogP contribution in [0.2, 0.25) is 5.02 Å². The van der Waals surface area contributed by atoms with Gasteiger partial charge in [0, 0.05) is 5.02 Å². The first-order valence-electron chi connectivity index (χ1n) is 6.56. The molecule has 0 aliphatic heterocycles. The third-order valence-corrected chi connectivity index (χ3v) is 2.94. The summed E-state index contributed by atoms with van der Waals surface area (Å²) in [7, 11) is 0. The van der Waals surface area contributed by atoms with Gasteiger partial charge in [-0.05, 0) is 42.7 Å². The van der Waals surface area contributed by atoms with Crippen molar-refractivity contribution in [3.8, 4) is 0 Å². The van der Waals surface area contributed by atoms with E-state index in [9.17, 15) is 9.59 Å². The van der Waals surface area contributed by atoms with Gasteiger partial charge in [-0.2, -0.15) is 0 Å². The molecule has 0 heterocycles. The Bertz CT molecular complexity index is 570. The van der Waals surface area contributed by atoms with Crippen LogP contribution in [-0.4, -0.2) is 23.7 Å². The molecule has 0 fully saturated rings. The van der Waals surface area contributed by atoms with Crippen molar-refractivity contribution in [3.63, 3.8) is 0 Å². The van der Waals surface area contributed by atoms with Crippen molar-refractivity contribution in [1.82, 2.24) is 0 Å². The van der Waals surface area contributed by atoms with Crippen LogP contribution in [0.25, 0.3) is 6.08 Å². The number of hydrogen-bond acceptors (Lipinski definition) is 3. The van der Waals surface area contributed by atoms with Crippen LogP contribution in [0.5, 0.6) is 0 Å². The van der Waals surface area contributed by atoms with Gasteiger partial charge in [0.1, 0.15) is 5.57 Å². The lowest BCUT2D eigenvalue weighted by Crippen LogP contribution is -2.15. The fourth-order valence-electron chi connectivity index (χ4n) is 1.62. The molecule has 0 radical (unpaired) electrons. The second-order valence-corrected chi connectivity index (χ2v) is 4.64. The molecule has 0 saturated heterocycles. The maximum atomic E-state index is 11.6. The number of halogens is 1. The van der Waals surface area contributed by atoms with Crippen molar-refractivity contribution in [3.05, 3.63) is 52.1 Å². The van der Waals surface area contributed by atoms with Gasteiger partial charge in [-0.25, -0.2) is 9.59 Å². The zero-order chi connectivity index (χ0) is 15.8. The summed E-state index contributed by atoms with van der Waals surface area (Å²) in [5.41, 5.74) is 1.21. The quantitative estimate of drug-likeness (QED) is 0.286. The maximum absolute atomic E-state index is 11.6. The zero-order valence-corrected chi connectivity index (χ0v) is 12.7. The van der Waals surface area contributed by atoms with E-state index in [4.69, 9.17) is 21.4 Å². The Kier molecular flexibility index (Phi) is 6.69. The van der Waals surface area contributed by atoms with Gasteiger partial charge in [-0.15, -0.1) is 0 Å². The van der Waals surface area contributed by atoms with Gasteiger partial charge >= 0.3 is 11.9 Å². The molecule has 1 rings (SSSR count). The van der Waals surface area contributed by atoms with Gasteiger partial charge in [-0.1, -0.05) is 36.7 Å². The summed E-state index contributed by atoms with van der Waals surface area (Å²) in [5.74, 6) is -2.13. The smallest absolute Gasteiger partial charge is 0.345 e. The van der Waals surface area contributed by atoms with E-state index in [1.54, 1.807) is 25.1 Å². The van der Waals surface area contributed by atoms with Crippen LogP contribution < -0.4 is 0 Å². The molecule has 4 nitrogen and oxygen atoms in total. The second kappa shape index (κ2) is 8.27. The predicted molar refractivity (Wildman–Crippen MR) is 82.1 cm³/mol. The minimum Gasteiger partial charge on any atom is -0.477 e. The van der Waals surface area contributed by atoms with Gasteiger partial charge in [0.05, 0.1) is 6.61 Å². The van der Waals surface area contributed by atoms with Crippen LogP contribution in [0.1, 0.15) is 25.8 Å². The molecular weight excluding hydrogens is 292 g/mol. The van der Waals surface area contributed by atoms with E-state index >= 15 is 0 Å². The number of carbonyl (C=O) groups is 2. The lowest BCUT2D eigenvalue weighted by molar-refractivity contribution is -0.143. The number of esters is 1. The average molecular weight is 309 g/mol. The van der Waals surface area contributed by atoms with Crippen molar-refractivity contribution in [2.75, 3.05) is 6.61 Å². The normalized spacial score (nSPS) is 12.1. The van der Waals surface area contributed by atoms with Gasteiger partial charge < -0.3 is 9.84 Å². The molecule has 1 N–H and O–H groups in total. The van der Waals surface area contributed by atoms with Crippen molar-refractivity contribution < 1.29 is 19.4 Å². The largest absolute Gasteiger partial charge is 0.477 e. The Hall–Kier alpha value is -2.07. The number of ether oxygens (including phenoxy) is 1. The summed E-state index contributed by atoms with van der Waals surface area (Å²) in [6.45, 7) is 3.64. The highest BCUT2D eigenvalue weighted by Gasteiger charge is 2.18. The first kappa shape index (κ1) is 17.0. The molecule has 0 amide bonds. The van der Waals surface area contributed by atoms with Gasteiger partial charge in [0.2, 0.25) is 0 Å². The van der Waals surface area contributed by atoms with Crippen molar-refractivity contribution >= 4 is 29.6 Å². The predicted octanol–water partition coefficient (Wildman–Crippen LogP) is 3.71. The van der Waals surface area contributed by atoms with E-state index in [1.807, 2.05) is 19.1 Å². The SMILES string of the molecule is CCOC(=O)/C(=C\C(=C\c1ccc(Cl)cc1)CC)C(=O)O. The molecule has 0 bridgehead atoms. The molecular formula is C16H17ClO4. The Morgan fingerprint density at radius 3 is 2.33 bits per heavy atom. The molecule has 0 atom stereocenters. The summed E-state index contributed by atoms with van der Waals surface area (Å²) >= 11 is 5.81. The molecule has 0 saturated carbocycles. The number of carbonyl (C=O) groups excluding carboxylic acids is 1. The number of aliphatic carboxylic acids is 1. The maximum Gasteiger partial charge on any atom is 0.345 e. The molecule has 0 spiro atoms. The lowest BCUT2D eigenvalue weighted by atomic mass is 10.1. The molecule has 0 aromatic heterocycles. The highest BCUT2D eigenvalue weighted by atomic mass is 35.5. The Balaban J connectivity index is 3.11. The van der Waals surface area contributed by atoms with Crippen molar-refractivity contribution in [1.29, 1.82) is 0 Å². The molecule has 0 aliphatic rings. The Morgan fingerprint density at radius 1 is 1.24 bits per heavy atom. The zero-order valence-electron chi connectivity index (χ0n) is 11.9. The van der Waals surface area contributed by atoms with Crippen LogP contribution in [0, 0.1) is 0 Å². The van der Waals surface area contributed by atoms with Gasteiger partial charge in [-0.3, -0.25) is 0 Å². The van der Waals surface area contributed by atoms with E-state index in [1.165, 1.54) is 6.08 Å². The highest BCUT2D eigenvalue weighted by Crippen LogP contribution is 2.16. The number of carboxylic acid groups (broad SMARTS) is 1. The number of allylic oxidation sites excluding steroid dienone is 2. The summed E-state index contributed by atoms with van der Waals surface area (Å²) in [5, 5.41) is 9.73. The topological polar surface area (TPSA) is 63.6 Å². The van der Waals surface area contributed by atoms with E-state index in [0.29, 0.717) is 17.0 Å². The molecule has 1 aromatic rings. The van der Waals surface area contributed by atoms with Crippen LogP contribution in [0.15, 0.2) is 41.5 Å². The van der Waals surface area contributed by atoms with Gasteiger partial charge in [0.15, 0.2) is 0 Å². The standard InChI is InChI=1S/C16H17ClO4/c1-3-11(9-12-5-7-13(17)8-6-12)10-14(15(18)19)16(20)21-4-2/h5-10H,3-4H2,1-2H3,(H,18,19)/b11-9+,14-10-. The fourth-order valence-corrected chi connectivity index (χ4v) is 1.75. The Labute approximate surface area is 128 Å². The van der Waals surface area contributed by atoms with Crippen LogP contribution in [0.4, 0.5) is 0 Å². The van der Waals surface area contributed by atoms with E-state index in [-0.39, 0.29) is 12.2 Å². The third kappa shape index (κ3) is 5.44. The van der Waals surface area contributed by atoms with Crippen LogP contribution >= 0.6 is 11.6 Å². The highest BCUT2D eigenvalue weighted by molar-refractivity contribution is 6.30. The first-order valence-corrected chi connectivity index (χ1v) is 6.94. The second-order valence-electron chi connectivity index (χ2n) is 4.21. The molecule has 0 unspecified atom stereocenters. The van der Waals surface area contributed by atoms with E-state index < -0.39 is 11.9 Å². The summed E-state index contributed by atoms with van der Waals surface area (Å²) in [6, 6.07) is 7.12. The fraction of sp³-hybridized carbons (Fsp3) is 0.250. The summed E-state index contributed by atoms with van der Waals surface area (Å²) < 4.78 is 4.74. The van der Waals surface area contributed by atoms with E-state index in [0.717, 1.165) is 5.56 Å². The van der Waals surface area contributed by atoms with Crippen molar-refractivity contribution in [2.45, 2.75) is 20.3 Å². The van der Waals surface area contributed by atoms with Crippen LogP contribution in [0.3, 0.4) is 0 Å². The Morgan fingerprint density at radius 2 is 1.86 bits per heavy atom. The minimum atomic E-state index is -1.30. The number of carboxylic acids is 1. The molecule has 112 valence electrons. The molecule has 5 heteroatoms. The van der Waals surface area contributed by atoms with Gasteiger partial charge in [0.25, 0.3) is 0 Å². The van der Waals surface area contributed by atoms with Crippen molar-refractivity contribution in [2.24, 2.45) is 0 Å². The number of hydrogen-bond donors (Lipinski definition) is 1.